The Hall–Kier alpha value is -3.36. The molecule has 1 saturated carbocycles. The van der Waals surface area contributed by atoms with Gasteiger partial charge in [0.25, 0.3) is 0 Å². The molecule has 0 aromatic heterocycles. The SMILES string of the molecule is CCN1C(=O)[C@H]2[C@H](CC=C3[C@H]2C[C@H]2C(=O)N(CC)C(=O)[C@H]2[C@H]3c2cc(OC)c(O)c(OC)c2)C1=O. The molecular weight excluding hydrogens is 452 g/mol. The Labute approximate surface area is 203 Å². The maximum absolute atomic E-state index is 13.5. The Balaban J connectivity index is 1.68. The summed E-state index contributed by atoms with van der Waals surface area (Å²) >= 11 is 0. The molecule has 0 unspecified atom stereocenters. The highest BCUT2D eigenvalue weighted by atomic mass is 16.5. The van der Waals surface area contributed by atoms with E-state index in [4.69, 9.17) is 9.47 Å². The van der Waals surface area contributed by atoms with Crippen LogP contribution in [0.3, 0.4) is 0 Å². The molecule has 3 fully saturated rings. The number of amides is 4. The predicted octanol–water partition coefficient (Wildman–Crippen LogP) is 2.09. The van der Waals surface area contributed by atoms with Gasteiger partial charge in [0.05, 0.1) is 37.9 Å². The number of carbonyl (C=O) groups is 4. The number of phenolic OH excluding ortho intramolecular Hbond substituents is 1. The normalized spacial score (nSPS) is 31.8. The lowest BCUT2D eigenvalue weighted by atomic mass is 9.57. The number of ether oxygens (including phenoxy) is 2. The van der Waals surface area contributed by atoms with Crippen LogP contribution in [0.1, 0.15) is 38.2 Å². The Morgan fingerprint density at radius 2 is 1.37 bits per heavy atom. The summed E-state index contributed by atoms with van der Waals surface area (Å²) in [4.78, 5) is 55.7. The molecule has 2 heterocycles. The zero-order valence-corrected chi connectivity index (χ0v) is 20.3. The molecule has 9 nitrogen and oxygen atoms in total. The van der Waals surface area contributed by atoms with Crippen molar-refractivity contribution in [1.82, 2.24) is 9.80 Å². The van der Waals surface area contributed by atoms with E-state index < -0.39 is 29.6 Å². The van der Waals surface area contributed by atoms with Crippen LogP contribution >= 0.6 is 0 Å². The van der Waals surface area contributed by atoms with Gasteiger partial charge in [-0.15, -0.1) is 0 Å². The number of imide groups is 2. The summed E-state index contributed by atoms with van der Waals surface area (Å²) in [6.07, 6.45) is 2.77. The number of aromatic hydroxyl groups is 1. The summed E-state index contributed by atoms with van der Waals surface area (Å²) in [7, 11) is 2.86. The molecule has 2 saturated heterocycles. The number of methoxy groups -OCH3 is 2. The Kier molecular flexibility index (Phi) is 5.61. The van der Waals surface area contributed by atoms with E-state index in [1.807, 2.05) is 6.08 Å². The zero-order chi connectivity index (χ0) is 25.2. The van der Waals surface area contributed by atoms with Crippen LogP contribution in [0, 0.1) is 29.6 Å². The van der Waals surface area contributed by atoms with Crippen molar-refractivity contribution in [2.24, 2.45) is 29.6 Å². The fourth-order valence-electron chi connectivity index (χ4n) is 6.81. The minimum atomic E-state index is -0.630. The Morgan fingerprint density at radius 1 is 0.829 bits per heavy atom. The standard InChI is InChI=1S/C26H30N2O7/c1-5-27-23(30)14-8-7-13-15(20(14)25(27)32)11-16-21(26(33)28(6-2)24(16)31)19(13)12-9-17(34-3)22(29)18(10-12)35-4/h7,9-10,14-16,19-21,29H,5-6,8,11H2,1-4H3/t14-,15+,16+,19-,20-,21+/m0/s1. The molecular formula is C26H30N2O7. The van der Waals surface area contributed by atoms with Crippen LogP contribution in [0.2, 0.25) is 0 Å². The van der Waals surface area contributed by atoms with Crippen molar-refractivity contribution >= 4 is 23.6 Å². The Morgan fingerprint density at radius 3 is 1.91 bits per heavy atom. The van der Waals surface area contributed by atoms with Gasteiger partial charge in [-0.1, -0.05) is 11.6 Å². The van der Waals surface area contributed by atoms with Crippen molar-refractivity contribution in [2.45, 2.75) is 32.6 Å². The van der Waals surface area contributed by atoms with Crippen molar-refractivity contribution in [3.63, 3.8) is 0 Å². The monoisotopic (exact) mass is 482 g/mol. The largest absolute Gasteiger partial charge is 0.502 e. The molecule has 2 aliphatic carbocycles. The first-order valence-electron chi connectivity index (χ1n) is 12.1. The molecule has 6 atom stereocenters. The third-order valence-corrected chi connectivity index (χ3v) is 8.32. The molecule has 0 spiro atoms. The summed E-state index contributed by atoms with van der Waals surface area (Å²) < 4.78 is 10.7. The summed E-state index contributed by atoms with van der Waals surface area (Å²) in [5.41, 5.74) is 1.57. The summed E-state index contributed by atoms with van der Waals surface area (Å²) in [6.45, 7) is 4.15. The van der Waals surface area contributed by atoms with Crippen LogP contribution in [-0.4, -0.2) is 65.8 Å². The number of hydrogen-bond donors (Lipinski definition) is 1. The Bertz CT molecular complexity index is 1130. The second-order valence-electron chi connectivity index (χ2n) is 9.64. The second kappa shape index (κ2) is 8.39. The van der Waals surface area contributed by atoms with Crippen LogP contribution in [0.5, 0.6) is 17.2 Å². The van der Waals surface area contributed by atoms with E-state index in [0.717, 1.165) is 5.57 Å². The molecule has 0 bridgehead atoms. The first kappa shape index (κ1) is 23.4. The number of phenols is 1. The van der Waals surface area contributed by atoms with Crippen molar-refractivity contribution in [2.75, 3.05) is 27.3 Å². The van der Waals surface area contributed by atoms with Gasteiger partial charge in [-0.05, 0) is 50.3 Å². The fraction of sp³-hybridized carbons (Fsp3) is 0.538. The van der Waals surface area contributed by atoms with Gasteiger partial charge in [0.2, 0.25) is 29.4 Å². The molecule has 5 rings (SSSR count). The lowest BCUT2D eigenvalue weighted by molar-refractivity contribution is -0.141. The number of nitrogens with zero attached hydrogens (tertiary/aromatic N) is 2. The summed E-state index contributed by atoms with van der Waals surface area (Å²) in [6, 6.07) is 3.34. The van der Waals surface area contributed by atoms with Crippen molar-refractivity contribution in [1.29, 1.82) is 0 Å². The average Bonchev–Trinajstić information content (AvgIpc) is 3.26. The maximum atomic E-state index is 13.5. The van der Waals surface area contributed by atoms with E-state index >= 15 is 0 Å². The minimum Gasteiger partial charge on any atom is -0.502 e. The van der Waals surface area contributed by atoms with Crippen molar-refractivity contribution < 1.29 is 33.8 Å². The van der Waals surface area contributed by atoms with Gasteiger partial charge in [-0.2, -0.15) is 0 Å². The van der Waals surface area contributed by atoms with Gasteiger partial charge >= 0.3 is 0 Å². The van der Waals surface area contributed by atoms with Gasteiger partial charge in [0, 0.05) is 19.0 Å². The molecule has 9 heteroatoms. The van der Waals surface area contributed by atoms with Crippen molar-refractivity contribution in [3.8, 4) is 17.2 Å². The third kappa shape index (κ3) is 3.13. The molecule has 1 N–H and O–H groups in total. The van der Waals surface area contributed by atoms with Gasteiger partial charge < -0.3 is 14.6 Å². The molecule has 4 aliphatic rings. The lowest BCUT2D eigenvalue weighted by Gasteiger charge is -2.44. The van der Waals surface area contributed by atoms with Gasteiger partial charge in [-0.25, -0.2) is 0 Å². The first-order valence-corrected chi connectivity index (χ1v) is 12.1. The summed E-state index contributed by atoms with van der Waals surface area (Å²) in [5.74, 6) is -3.60. The third-order valence-electron chi connectivity index (χ3n) is 8.32. The number of allylic oxidation sites excluding steroid dienone is 2. The van der Waals surface area contributed by atoms with Crippen LogP contribution in [0.15, 0.2) is 23.8 Å². The van der Waals surface area contributed by atoms with Gasteiger partial charge in [0.1, 0.15) is 0 Å². The number of carbonyl (C=O) groups excluding carboxylic acids is 4. The minimum absolute atomic E-state index is 0.153. The number of hydrogen-bond acceptors (Lipinski definition) is 7. The highest BCUT2D eigenvalue weighted by Gasteiger charge is 2.61. The molecule has 4 amide bonds. The topological polar surface area (TPSA) is 113 Å². The van der Waals surface area contributed by atoms with E-state index in [9.17, 15) is 24.3 Å². The highest BCUT2D eigenvalue weighted by Crippen LogP contribution is 2.58. The van der Waals surface area contributed by atoms with Gasteiger partial charge in [0.15, 0.2) is 11.5 Å². The number of benzene rings is 1. The maximum Gasteiger partial charge on any atom is 0.234 e. The van der Waals surface area contributed by atoms with E-state index in [1.165, 1.54) is 24.0 Å². The van der Waals surface area contributed by atoms with E-state index in [0.29, 0.717) is 24.9 Å². The molecule has 35 heavy (non-hydrogen) atoms. The van der Waals surface area contributed by atoms with Crippen molar-refractivity contribution in [3.05, 3.63) is 29.3 Å². The first-order chi connectivity index (χ1) is 16.8. The number of fused-ring (bicyclic) bond motifs is 4. The summed E-state index contributed by atoms with van der Waals surface area (Å²) in [5, 5.41) is 10.5. The fourth-order valence-corrected chi connectivity index (χ4v) is 6.81. The van der Waals surface area contributed by atoms with Crippen LogP contribution in [-0.2, 0) is 19.2 Å². The lowest BCUT2D eigenvalue weighted by Crippen LogP contribution is -2.43. The molecule has 2 aliphatic heterocycles. The van der Waals surface area contributed by atoms with Crippen LogP contribution < -0.4 is 9.47 Å². The second-order valence-corrected chi connectivity index (χ2v) is 9.64. The molecule has 1 aromatic carbocycles. The van der Waals surface area contributed by atoms with Gasteiger partial charge in [-0.3, -0.25) is 29.0 Å². The zero-order valence-electron chi connectivity index (χ0n) is 20.3. The average molecular weight is 483 g/mol. The van der Waals surface area contributed by atoms with Crippen LogP contribution in [0.4, 0.5) is 0 Å². The predicted molar refractivity (Wildman–Crippen MR) is 124 cm³/mol. The quantitative estimate of drug-likeness (QED) is 0.505. The molecule has 0 radical (unpaired) electrons. The highest BCUT2D eigenvalue weighted by molar-refractivity contribution is 6.07. The van der Waals surface area contributed by atoms with E-state index in [2.05, 4.69) is 0 Å². The smallest absolute Gasteiger partial charge is 0.234 e. The van der Waals surface area contributed by atoms with E-state index in [1.54, 1.807) is 26.0 Å². The van der Waals surface area contributed by atoms with Crippen LogP contribution in [0.25, 0.3) is 0 Å². The molecule has 1 aromatic rings. The number of likely N-dealkylation sites (tertiary alicyclic amines) is 2. The van der Waals surface area contributed by atoms with E-state index in [-0.39, 0.29) is 53.3 Å². The molecule has 186 valence electrons. The number of rotatable bonds is 5.